The molecular weight excluding hydrogens is 229 g/mol. The molecule has 92 valence electrons. The first kappa shape index (κ1) is 13.5. The van der Waals surface area contributed by atoms with Gasteiger partial charge in [0.05, 0.1) is 11.6 Å². The summed E-state index contributed by atoms with van der Waals surface area (Å²) in [5.74, 6) is 0. The number of hydrogen-bond donors (Lipinski definition) is 1. The summed E-state index contributed by atoms with van der Waals surface area (Å²) in [5.41, 5.74) is 6.37. The van der Waals surface area contributed by atoms with Crippen molar-refractivity contribution in [2.24, 2.45) is 5.73 Å². The summed E-state index contributed by atoms with van der Waals surface area (Å²) in [6, 6.07) is 7.07. The molecule has 0 heterocycles. The number of nitrogens with two attached hydrogens (primary N) is 1. The van der Waals surface area contributed by atoms with Crippen LogP contribution in [0.4, 0.5) is 13.2 Å². The zero-order valence-corrected chi connectivity index (χ0v) is 9.17. The van der Waals surface area contributed by atoms with E-state index in [1.807, 2.05) is 6.07 Å². The number of nitriles is 1. The van der Waals surface area contributed by atoms with Crippen LogP contribution < -0.4 is 5.73 Å². The zero-order chi connectivity index (χ0) is 12.9. The molecule has 0 aliphatic carbocycles. The van der Waals surface area contributed by atoms with E-state index in [0.717, 1.165) is 5.56 Å². The van der Waals surface area contributed by atoms with E-state index < -0.39 is 12.2 Å². The van der Waals surface area contributed by atoms with Gasteiger partial charge in [-0.15, -0.1) is 0 Å². The van der Waals surface area contributed by atoms with Crippen molar-refractivity contribution in [1.29, 1.82) is 5.26 Å². The molecular formula is C12H13F3N2. The highest BCUT2D eigenvalue weighted by Gasteiger charge is 2.35. The number of hydrogen-bond acceptors (Lipinski definition) is 2. The van der Waals surface area contributed by atoms with Gasteiger partial charge in [-0.25, -0.2) is 0 Å². The predicted octanol–water partition coefficient (Wildman–Crippen LogP) is 2.77. The van der Waals surface area contributed by atoms with Gasteiger partial charge in [-0.05, 0) is 37.0 Å². The SMILES string of the molecule is N#Cc1cccc(CCC[C@H](N)C(F)(F)F)c1. The number of nitrogens with zero attached hydrogens (tertiary/aromatic N) is 1. The minimum Gasteiger partial charge on any atom is -0.320 e. The second-order valence-corrected chi connectivity index (χ2v) is 3.85. The Hall–Kier alpha value is -1.54. The van der Waals surface area contributed by atoms with Crippen molar-refractivity contribution in [3.8, 4) is 6.07 Å². The molecule has 0 fully saturated rings. The summed E-state index contributed by atoms with van der Waals surface area (Å²) in [6.07, 6.45) is -3.57. The van der Waals surface area contributed by atoms with Gasteiger partial charge in [0.15, 0.2) is 0 Å². The van der Waals surface area contributed by atoms with Crippen LogP contribution in [0.15, 0.2) is 24.3 Å². The van der Waals surface area contributed by atoms with Crippen LogP contribution in [0.25, 0.3) is 0 Å². The number of alkyl halides is 3. The first-order valence-electron chi connectivity index (χ1n) is 5.25. The highest BCUT2D eigenvalue weighted by Crippen LogP contribution is 2.22. The van der Waals surface area contributed by atoms with Crippen LogP contribution in [-0.2, 0) is 6.42 Å². The molecule has 0 aromatic heterocycles. The molecule has 1 aromatic carbocycles. The molecule has 0 spiro atoms. The second kappa shape index (κ2) is 5.69. The standard InChI is InChI=1S/C12H13F3N2/c13-12(14,15)11(17)6-2-4-9-3-1-5-10(7-9)8-16/h1,3,5,7,11H,2,4,6,17H2/t11-/m0/s1. The maximum absolute atomic E-state index is 12.1. The van der Waals surface area contributed by atoms with Crippen molar-refractivity contribution in [3.05, 3.63) is 35.4 Å². The monoisotopic (exact) mass is 242 g/mol. The molecule has 0 saturated heterocycles. The Morgan fingerprint density at radius 2 is 2.06 bits per heavy atom. The fourth-order valence-electron chi connectivity index (χ4n) is 1.49. The normalized spacial score (nSPS) is 13.1. The largest absolute Gasteiger partial charge is 0.403 e. The maximum atomic E-state index is 12.1. The summed E-state index contributed by atoms with van der Waals surface area (Å²) in [4.78, 5) is 0. The van der Waals surface area contributed by atoms with Crippen molar-refractivity contribution in [2.75, 3.05) is 0 Å². The van der Waals surface area contributed by atoms with E-state index >= 15 is 0 Å². The average Bonchev–Trinajstić information content (AvgIpc) is 2.28. The van der Waals surface area contributed by atoms with E-state index in [2.05, 4.69) is 0 Å². The molecule has 0 saturated carbocycles. The van der Waals surface area contributed by atoms with E-state index in [9.17, 15) is 13.2 Å². The summed E-state index contributed by atoms with van der Waals surface area (Å²) in [5, 5.41) is 8.66. The third-order valence-electron chi connectivity index (χ3n) is 2.46. The topological polar surface area (TPSA) is 49.8 Å². The summed E-state index contributed by atoms with van der Waals surface area (Å²) < 4.78 is 36.4. The van der Waals surface area contributed by atoms with Gasteiger partial charge in [0, 0.05) is 0 Å². The van der Waals surface area contributed by atoms with Gasteiger partial charge in [0.1, 0.15) is 6.04 Å². The molecule has 2 N–H and O–H groups in total. The molecule has 0 unspecified atom stereocenters. The van der Waals surface area contributed by atoms with Crippen LogP contribution in [0.1, 0.15) is 24.0 Å². The van der Waals surface area contributed by atoms with E-state index in [4.69, 9.17) is 11.0 Å². The van der Waals surface area contributed by atoms with Gasteiger partial charge in [-0.2, -0.15) is 18.4 Å². The average molecular weight is 242 g/mol. The number of benzene rings is 1. The van der Waals surface area contributed by atoms with Gasteiger partial charge >= 0.3 is 6.18 Å². The fourth-order valence-corrected chi connectivity index (χ4v) is 1.49. The molecule has 0 aliphatic rings. The number of aryl methyl sites for hydroxylation is 1. The van der Waals surface area contributed by atoms with Gasteiger partial charge in [0.2, 0.25) is 0 Å². The van der Waals surface area contributed by atoms with Crippen molar-refractivity contribution in [1.82, 2.24) is 0 Å². The molecule has 0 amide bonds. The molecule has 2 nitrogen and oxygen atoms in total. The van der Waals surface area contributed by atoms with Crippen molar-refractivity contribution in [2.45, 2.75) is 31.5 Å². The molecule has 1 rings (SSSR count). The third kappa shape index (κ3) is 4.45. The van der Waals surface area contributed by atoms with Crippen molar-refractivity contribution < 1.29 is 13.2 Å². The number of halogens is 3. The van der Waals surface area contributed by atoms with Gasteiger partial charge in [-0.1, -0.05) is 12.1 Å². The quantitative estimate of drug-likeness (QED) is 0.882. The van der Waals surface area contributed by atoms with Crippen LogP contribution in [0.2, 0.25) is 0 Å². The lowest BCUT2D eigenvalue weighted by Crippen LogP contribution is -2.37. The third-order valence-corrected chi connectivity index (χ3v) is 2.46. The number of rotatable bonds is 4. The molecule has 5 heteroatoms. The molecule has 0 bridgehead atoms. The van der Waals surface area contributed by atoms with E-state index in [-0.39, 0.29) is 6.42 Å². The highest BCUT2D eigenvalue weighted by molar-refractivity contribution is 5.32. The van der Waals surface area contributed by atoms with Gasteiger partial charge < -0.3 is 5.73 Å². The summed E-state index contributed by atoms with van der Waals surface area (Å²) >= 11 is 0. The Morgan fingerprint density at radius 3 is 2.65 bits per heavy atom. The zero-order valence-electron chi connectivity index (χ0n) is 9.17. The lowest BCUT2D eigenvalue weighted by atomic mass is 10.0. The Bertz CT molecular complexity index is 407. The Balaban J connectivity index is 2.44. The maximum Gasteiger partial charge on any atom is 0.403 e. The lowest BCUT2D eigenvalue weighted by Gasteiger charge is -2.14. The second-order valence-electron chi connectivity index (χ2n) is 3.85. The fraction of sp³-hybridized carbons (Fsp3) is 0.417. The van der Waals surface area contributed by atoms with Crippen molar-refractivity contribution in [3.63, 3.8) is 0 Å². The predicted molar refractivity (Wildman–Crippen MR) is 58.1 cm³/mol. The van der Waals surface area contributed by atoms with Crippen molar-refractivity contribution >= 4 is 0 Å². The molecule has 0 radical (unpaired) electrons. The Labute approximate surface area is 97.9 Å². The summed E-state index contributed by atoms with van der Waals surface area (Å²) in [7, 11) is 0. The smallest absolute Gasteiger partial charge is 0.320 e. The van der Waals surface area contributed by atoms with Crippen LogP contribution >= 0.6 is 0 Å². The molecule has 1 aromatic rings. The van der Waals surface area contributed by atoms with Crippen LogP contribution in [-0.4, -0.2) is 12.2 Å². The minimum absolute atomic E-state index is 0.0969. The van der Waals surface area contributed by atoms with E-state index in [1.165, 1.54) is 0 Å². The van der Waals surface area contributed by atoms with E-state index in [0.29, 0.717) is 18.4 Å². The Morgan fingerprint density at radius 1 is 1.35 bits per heavy atom. The first-order valence-corrected chi connectivity index (χ1v) is 5.25. The van der Waals surface area contributed by atoms with Crippen LogP contribution in [0.5, 0.6) is 0 Å². The van der Waals surface area contributed by atoms with Crippen LogP contribution in [0, 0.1) is 11.3 Å². The van der Waals surface area contributed by atoms with Gasteiger partial charge in [0.25, 0.3) is 0 Å². The highest BCUT2D eigenvalue weighted by atomic mass is 19.4. The Kier molecular flexibility index (Phi) is 4.53. The van der Waals surface area contributed by atoms with Crippen LogP contribution in [0.3, 0.4) is 0 Å². The molecule has 0 aliphatic heterocycles. The summed E-state index contributed by atoms with van der Waals surface area (Å²) in [6.45, 7) is 0. The first-order chi connectivity index (χ1) is 7.93. The molecule has 1 atom stereocenters. The lowest BCUT2D eigenvalue weighted by molar-refractivity contribution is -0.149. The van der Waals surface area contributed by atoms with Gasteiger partial charge in [-0.3, -0.25) is 0 Å². The minimum atomic E-state index is -4.32. The van der Waals surface area contributed by atoms with E-state index in [1.54, 1.807) is 24.3 Å². The molecule has 17 heavy (non-hydrogen) atoms.